The van der Waals surface area contributed by atoms with Gasteiger partial charge in [-0.05, 0) is 60.7 Å². The monoisotopic (exact) mass is 564 g/mol. The molecule has 8 heteroatoms. The maximum absolute atomic E-state index is 14.3. The van der Waals surface area contributed by atoms with E-state index in [0.717, 1.165) is 23.3 Å². The normalized spacial score (nSPS) is 13.8. The Morgan fingerprint density at radius 1 is 0.850 bits per heavy atom. The summed E-state index contributed by atoms with van der Waals surface area (Å²) < 4.78 is 53.7. The largest absolute Gasteiger partial charge is 0.399 e. The Hall–Kier alpha value is -3.77. The second kappa shape index (κ2) is 11.8. The van der Waals surface area contributed by atoms with Crippen LogP contribution in [0.4, 0.5) is 13.2 Å². The van der Waals surface area contributed by atoms with E-state index in [4.69, 9.17) is 9.79 Å². The van der Waals surface area contributed by atoms with Gasteiger partial charge in [-0.1, -0.05) is 96.6 Å². The first-order valence-electron chi connectivity index (χ1n) is 12.5. The predicted octanol–water partition coefficient (Wildman–Crippen LogP) is 7.83. The molecule has 40 heavy (non-hydrogen) atoms. The fourth-order valence-corrected chi connectivity index (χ4v) is 5.20. The average molecular weight is 565 g/mol. The van der Waals surface area contributed by atoms with Gasteiger partial charge in [0.15, 0.2) is 5.78 Å². The van der Waals surface area contributed by atoms with Crippen LogP contribution in [0.3, 0.4) is 0 Å². The van der Waals surface area contributed by atoms with Crippen LogP contribution in [-0.2, 0) is 22.1 Å². The molecule has 0 heterocycles. The molecule has 0 saturated carbocycles. The van der Waals surface area contributed by atoms with Crippen LogP contribution in [0.1, 0.15) is 44.6 Å². The summed E-state index contributed by atoms with van der Waals surface area (Å²) in [4.78, 5) is 32.6. The lowest BCUT2D eigenvalue weighted by Gasteiger charge is -2.33. The average Bonchev–Trinajstić information content (AvgIpc) is 2.93. The van der Waals surface area contributed by atoms with E-state index < -0.39 is 30.1 Å². The third kappa shape index (κ3) is 6.34. The maximum Gasteiger partial charge on any atom is 0.399 e. The molecule has 0 aliphatic heterocycles. The number of ketones is 1. The number of halogens is 3. The molecule has 0 fully saturated rings. The van der Waals surface area contributed by atoms with Crippen molar-refractivity contribution in [1.29, 1.82) is 0 Å². The highest BCUT2D eigenvalue weighted by Crippen LogP contribution is 2.59. The van der Waals surface area contributed by atoms with Crippen LogP contribution in [0.2, 0.25) is 0 Å². The van der Waals surface area contributed by atoms with Crippen molar-refractivity contribution in [3.8, 4) is 0 Å². The van der Waals surface area contributed by atoms with Gasteiger partial charge in [-0.2, -0.15) is 8.78 Å². The Labute approximate surface area is 231 Å². The van der Waals surface area contributed by atoms with Crippen LogP contribution in [0.5, 0.6) is 0 Å². The summed E-state index contributed by atoms with van der Waals surface area (Å²) >= 11 is 0. The molecule has 0 radical (unpaired) electrons. The highest BCUT2D eigenvalue weighted by molar-refractivity contribution is 7.52. The summed E-state index contributed by atoms with van der Waals surface area (Å²) in [5.74, 6) is -0.760. The Morgan fingerprint density at radius 2 is 1.50 bits per heavy atom. The van der Waals surface area contributed by atoms with Crippen molar-refractivity contribution < 1.29 is 32.3 Å². The fourth-order valence-electron chi connectivity index (χ4n) is 4.72. The molecule has 4 aromatic rings. The van der Waals surface area contributed by atoms with Gasteiger partial charge in [0.25, 0.3) is 0 Å². The van der Waals surface area contributed by atoms with Crippen molar-refractivity contribution in [2.24, 2.45) is 0 Å². The topological polar surface area (TPSA) is 74.6 Å². The van der Waals surface area contributed by atoms with Crippen LogP contribution < -0.4 is 0 Å². The zero-order chi connectivity index (χ0) is 29.0. The first-order valence-corrected chi connectivity index (χ1v) is 14.2. The van der Waals surface area contributed by atoms with Crippen molar-refractivity contribution in [1.82, 2.24) is 0 Å². The number of alkyl halides is 2. The van der Waals surface area contributed by atoms with E-state index in [1.54, 1.807) is 0 Å². The molecule has 0 spiro atoms. The molecule has 4 rings (SSSR count). The molecule has 0 amide bonds. The SMILES string of the molecule is Cc1cccc(C(C/C=C/c2ccccc2)(Cc2ccc(C(F)(F)P(=O)(O)O)cc2)C(=O)c2ccc(F)cc2)c1. The lowest BCUT2D eigenvalue weighted by atomic mass is 9.68. The molecule has 4 nitrogen and oxygen atoms in total. The summed E-state index contributed by atoms with van der Waals surface area (Å²) in [7, 11) is -5.73. The van der Waals surface area contributed by atoms with E-state index in [1.807, 2.05) is 73.7 Å². The zero-order valence-electron chi connectivity index (χ0n) is 21.7. The van der Waals surface area contributed by atoms with Gasteiger partial charge in [0.1, 0.15) is 5.82 Å². The van der Waals surface area contributed by atoms with Gasteiger partial charge >= 0.3 is 13.3 Å². The maximum atomic E-state index is 14.3. The molecule has 206 valence electrons. The molecule has 0 aliphatic rings. The second-order valence-corrected chi connectivity index (χ2v) is 11.4. The quantitative estimate of drug-likeness (QED) is 0.152. The zero-order valence-corrected chi connectivity index (χ0v) is 22.6. The van der Waals surface area contributed by atoms with Gasteiger partial charge in [0.2, 0.25) is 0 Å². The molecule has 1 unspecified atom stereocenters. The van der Waals surface area contributed by atoms with Crippen molar-refractivity contribution in [2.75, 3.05) is 0 Å². The molecule has 0 aromatic heterocycles. The lowest BCUT2D eigenvalue weighted by Crippen LogP contribution is -2.38. The number of allylic oxidation sites excluding steroid dienone is 1. The molecular weight excluding hydrogens is 536 g/mol. The Kier molecular flexibility index (Phi) is 8.59. The fraction of sp³-hybridized carbons (Fsp3) is 0.156. The predicted molar refractivity (Wildman–Crippen MR) is 150 cm³/mol. The number of hydrogen-bond donors (Lipinski definition) is 2. The highest BCUT2D eigenvalue weighted by Gasteiger charge is 2.50. The number of benzene rings is 4. The number of rotatable bonds is 10. The van der Waals surface area contributed by atoms with E-state index in [1.165, 1.54) is 36.4 Å². The minimum absolute atomic E-state index is 0.0908. The number of hydrogen-bond acceptors (Lipinski definition) is 2. The Bertz CT molecular complexity index is 1550. The van der Waals surface area contributed by atoms with Gasteiger partial charge < -0.3 is 9.79 Å². The van der Waals surface area contributed by atoms with E-state index in [0.29, 0.717) is 16.7 Å². The number of aryl methyl sites for hydroxylation is 1. The lowest BCUT2D eigenvalue weighted by molar-refractivity contribution is 0.0564. The molecule has 1 atom stereocenters. The minimum Gasteiger partial charge on any atom is -0.320 e. The Balaban J connectivity index is 1.84. The first-order chi connectivity index (χ1) is 18.9. The Morgan fingerprint density at radius 3 is 2.10 bits per heavy atom. The van der Waals surface area contributed by atoms with E-state index in [-0.39, 0.29) is 18.6 Å². The number of carbonyl (C=O) groups is 1. The van der Waals surface area contributed by atoms with Gasteiger partial charge in [0, 0.05) is 11.1 Å². The van der Waals surface area contributed by atoms with E-state index >= 15 is 0 Å². The van der Waals surface area contributed by atoms with E-state index in [9.17, 15) is 22.5 Å². The molecular formula is C32H28F3O4P. The van der Waals surface area contributed by atoms with Crippen LogP contribution in [-0.4, -0.2) is 15.6 Å². The van der Waals surface area contributed by atoms with Crippen LogP contribution >= 0.6 is 7.60 Å². The van der Waals surface area contributed by atoms with Crippen LogP contribution in [0.15, 0.2) is 109 Å². The summed E-state index contributed by atoms with van der Waals surface area (Å²) in [6, 6.07) is 26.9. The van der Waals surface area contributed by atoms with Gasteiger partial charge in [-0.3, -0.25) is 9.36 Å². The van der Waals surface area contributed by atoms with Gasteiger partial charge in [-0.25, -0.2) is 4.39 Å². The minimum atomic E-state index is -5.73. The smallest absolute Gasteiger partial charge is 0.320 e. The van der Waals surface area contributed by atoms with Crippen molar-refractivity contribution in [2.45, 2.75) is 30.8 Å². The third-order valence-corrected chi connectivity index (χ3v) is 7.85. The van der Waals surface area contributed by atoms with Crippen molar-refractivity contribution in [3.63, 3.8) is 0 Å². The summed E-state index contributed by atoms with van der Waals surface area (Å²) in [6.45, 7) is 1.90. The van der Waals surface area contributed by atoms with Gasteiger partial charge in [0.05, 0.1) is 5.41 Å². The van der Waals surface area contributed by atoms with Crippen molar-refractivity contribution in [3.05, 3.63) is 148 Å². The summed E-state index contributed by atoms with van der Waals surface area (Å²) in [5, 5.41) is 0. The molecule has 0 bridgehead atoms. The summed E-state index contributed by atoms with van der Waals surface area (Å²) in [5.41, 5.74) is -3.03. The second-order valence-electron chi connectivity index (χ2n) is 9.76. The summed E-state index contributed by atoms with van der Waals surface area (Å²) in [6.07, 6.45) is 4.11. The molecule has 0 saturated heterocycles. The standard InChI is InChI=1S/C32H28F3O4P/c1-23-7-5-11-28(21-23)31(20-6-10-24-8-3-2-4-9-24,30(36)26-14-18-29(33)19-15-26)22-25-12-16-27(17-13-25)32(34,35)40(37,38)39/h2-19,21H,20,22H2,1H3,(H2,37,38,39)/b10-6+. The highest BCUT2D eigenvalue weighted by atomic mass is 31.2. The van der Waals surface area contributed by atoms with Crippen molar-refractivity contribution >= 4 is 19.5 Å². The molecule has 0 aliphatic carbocycles. The van der Waals surface area contributed by atoms with E-state index in [2.05, 4.69) is 0 Å². The first kappa shape index (κ1) is 29.2. The number of Topliss-reactive ketones (excluding diaryl/α,β-unsaturated/α-hetero) is 1. The molecule has 2 N–H and O–H groups in total. The molecule has 4 aromatic carbocycles. The van der Waals surface area contributed by atoms with Gasteiger partial charge in [-0.15, -0.1) is 0 Å². The van der Waals surface area contributed by atoms with Crippen LogP contribution in [0, 0.1) is 12.7 Å². The van der Waals surface area contributed by atoms with Crippen LogP contribution in [0.25, 0.3) is 6.08 Å². The third-order valence-electron chi connectivity index (χ3n) is 6.86. The number of carbonyl (C=O) groups excluding carboxylic acids is 1.